The fraction of sp³-hybridized carbons (Fsp3) is 0.429. The molecule has 1 aromatic heterocycles. The third-order valence-electron chi connectivity index (χ3n) is 2.52. The van der Waals surface area contributed by atoms with Gasteiger partial charge in [-0.2, -0.15) is 4.98 Å². The van der Waals surface area contributed by atoms with Crippen LogP contribution in [0.5, 0.6) is 5.75 Å². The molecule has 2 rings (SSSR count). The van der Waals surface area contributed by atoms with Crippen molar-refractivity contribution in [2.45, 2.75) is 36.8 Å². The van der Waals surface area contributed by atoms with Gasteiger partial charge in [0, 0.05) is 10.3 Å². The molecular weight excluding hydrogens is 260 g/mol. The van der Waals surface area contributed by atoms with Crippen LogP contribution in [0.3, 0.4) is 0 Å². The van der Waals surface area contributed by atoms with Gasteiger partial charge in [0.15, 0.2) is 5.82 Å². The van der Waals surface area contributed by atoms with E-state index in [2.05, 4.69) is 30.9 Å². The van der Waals surface area contributed by atoms with E-state index in [1.165, 1.54) is 0 Å². The van der Waals surface area contributed by atoms with E-state index in [4.69, 9.17) is 9.26 Å². The third kappa shape index (κ3) is 3.73. The lowest BCUT2D eigenvalue weighted by Crippen LogP contribution is -2.11. The minimum atomic E-state index is -0.105. The number of nitrogens with zero attached hydrogens (tertiary/aromatic N) is 2. The molecule has 4 nitrogen and oxygen atoms in total. The van der Waals surface area contributed by atoms with Gasteiger partial charge in [-0.3, -0.25) is 0 Å². The van der Waals surface area contributed by atoms with Crippen molar-refractivity contribution in [3.8, 4) is 5.75 Å². The van der Waals surface area contributed by atoms with Gasteiger partial charge in [0.05, 0.1) is 12.9 Å². The molecule has 0 unspecified atom stereocenters. The van der Waals surface area contributed by atoms with E-state index in [0.717, 1.165) is 16.5 Å². The summed E-state index contributed by atoms with van der Waals surface area (Å²) in [5.41, 5.74) is -0.105. The number of benzene rings is 1. The maximum absolute atomic E-state index is 5.26. The second-order valence-electron chi connectivity index (χ2n) is 5.23. The average Bonchev–Trinajstić information content (AvgIpc) is 2.85. The van der Waals surface area contributed by atoms with Gasteiger partial charge >= 0.3 is 0 Å². The number of ether oxygens (including phenoxy) is 1. The zero-order chi connectivity index (χ0) is 13.9. The van der Waals surface area contributed by atoms with Crippen LogP contribution in [0, 0.1) is 0 Å². The predicted molar refractivity (Wildman–Crippen MR) is 75.6 cm³/mol. The van der Waals surface area contributed by atoms with Crippen LogP contribution in [0.25, 0.3) is 0 Å². The summed E-state index contributed by atoms with van der Waals surface area (Å²) in [6.07, 6.45) is 0. The van der Waals surface area contributed by atoms with Crippen molar-refractivity contribution in [1.29, 1.82) is 0 Å². The number of thioether (sulfide) groups is 1. The number of rotatable bonds is 4. The third-order valence-corrected chi connectivity index (χ3v) is 3.51. The highest BCUT2D eigenvalue weighted by Gasteiger charge is 2.21. The molecule has 0 N–H and O–H groups in total. The highest BCUT2D eigenvalue weighted by Crippen LogP contribution is 2.26. The Bertz CT molecular complexity index is 546. The molecule has 1 aromatic carbocycles. The number of methoxy groups -OCH3 is 1. The molecule has 0 amide bonds. The number of aromatic nitrogens is 2. The smallest absolute Gasteiger partial charge is 0.232 e. The van der Waals surface area contributed by atoms with Crippen LogP contribution in [0.4, 0.5) is 0 Å². The van der Waals surface area contributed by atoms with Gasteiger partial charge in [0.2, 0.25) is 5.89 Å². The Balaban J connectivity index is 2.00. The van der Waals surface area contributed by atoms with E-state index >= 15 is 0 Å². The summed E-state index contributed by atoms with van der Waals surface area (Å²) >= 11 is 1.66. The molecule has 1 heterocycles. The predicted octanol–water partition coefficient (Wildman–Crippen LogP) is 3.67. The molecular formula is C14H18N2O2S. The van der Waals surface area contributed by atoms with Crippen LogP contribution in [-0.4, -0.2) is 17.3 Å². The summed E-state index contributed by atoms with van der Waals surface area (Å²) in [5, 5.41) is 4.00. The summed E-state index contributed by atoms with van der Waals surface area (Å²) in [6.45, 7) is 6.17. The second-order valence-corrected chi connectivity index (χ2v) is 6.28. The van der Waals surface area contributed by atoms with E-state index in [1.54, 1.807) is 18.9 Å². The van der Waals surface area contributed by atoms with Crippen molar-refractivity contribution in [3.63, 3.8) is 0 Å². The zero-order valence-corrected chi connectivity index (χ0v) is 12.5. The van der Waals surface area contributed by atoms with Crippen LogP contribution in [0.15, 0.2) is 33.7 Å². The lowest BCUT2D eigenvalue weighted by Gasteiger charge is -2.10. The first-order valence-corrected chi connectivity index (χ1v) is 7.07. The summed E-state index contributed by atoms with van der Waals surface area (Å²) in [6, 6.07) is 7.93. The molecule has 102 valence electrons. The van der Waals surface area contributed by atoms with Gasteiger partial charge in [-0.25, -0.2) is 0 Å². The van der Waals surface area contributed by atoms with Crippen molar-refractivity contribution in [2.24, 2.45) is 0 Å². The topological polar surface area (TPSA) is 48.2 Å². The molecule has 0 aliphatic heterocycles. The first-order valence-electron chi connectivity index (χ1n) is 6.09. The Morgan fingerprint density at radius 2 is 2.11 bits per heavy atom. The summed E-state index contributed by atoms with van der Waals surface area (Å²) in [4.78, 5) is 5.54. The molecule has 19 heavy (non-hydrogen) atoms. The van der Waals surface area contributed by atoms with Crippen LogP contribution in [-0.2, 0) is 11.2 Å². The van der Waals surface area contributed by atoms with Gasteiger partial charge in [-0.05, 0) is 18.2 Å². The molecule has 0 saturated heterocycles. The average molecular weight is 278 g/mol. The van der Waals surface area contributed by atoms with Crippen LogP contribution < -0.4 is 4.74 Å². The van der Waals surface area contributed by atoms with Crippen molar-refractivity contribution >= 4 is 11.8 Å². The van der Waals surface area contributed by atoms with E-state index in [9.17, 15) is 0 Å². The molecule has 0 radical (unpaired) electrons. The Hall–Kier alpha value is -1.49. The zero-order valence-electron chi connectivity index (χ0n) is 11.6. The van der Waals surface area contributed by atoms with Crippen molar-refractivity contribution in [2.75, 3.05) is 7.11 Å². The second kappa shape index (κ2) is 5.65. The fourth-order valence-electron chi connectivity index (χ4n) is 1.46. The van der Waals surface area contributed by atoms with Crippen molar-refractivity contribution in [1.82, 2.24) is 10.1 Å². The minimum Gasteiger partial charge on any atom is -0.497 e. The van der Waals surface area contributed by atoms with Crippen molar-refractivity contribution in [3.05, 3.63) is 36.0 Å². The first kappa shape index (κ1) is 13.9. The molecule has 5 heteroatoms. The maximum Gasteiger partial charge on any atom is 0.232 e. The Labute approximate surface area is 117 Å². The molecule has 2 aromatic rings. The van der Waals surface area contributed by atoms with E-state index in [0.29, 0.717) is 11.6 Å². The van der Waals surface area contributed by atoms with Gasteiger partial charge in [-0.15, -0.1) is 11.8 Å². The molecule has 0 aliphatic carbocycles. The largest absolute Gasteiger partial charge is 0.497 e. The van der Waals surface area contributed by atoms with Gasteiger partial charge in [0.1, 0.15) is 5.75 Å². The molecule has 0 spiro atoms. The number of hydrogen-bond acceptors (Lipinski definition) is 5. The maximum atomic E-state index is 5.26. The monoisotopic (exact) mass is 278 g/mol. The Morgan fingerprint density at radius 3 is 2.74 bits per heavy atom. The summed E-state index contributed by atoms with van der Waals surface area (Å²) in [5.74, 6) is 2.94. The van der Waals surface area contributed by atoms with Crippen LogP contribution in [0.1, 0.15) is 32.5 Å². The fourth-order valence-corrected chi connectivity index (χ4v) is 2.24. The summed E-state index contributed by atoms with van der Waals surface area (Å²) < 4.78 is 10.5. The Morgan fingerprint density at radius 1 is 1.32 bits per heavy atom. The van der Waals surface area contributed by atoms with Gasteiger partial charge in [-0.1, -0.05) is 32.0 Å². The van der Waals surface area contributed by atoms with E-state index < -0.39 is 0 Å². The van der Waals surface area contributed by atoms with Crippen molar-refractivity contribution < 1.29 is 9.26 Å². The lowest BCUT2D eigenvalue weighted by atomic mass is 9.97. The molecule has 0 bridgehead atoms. The molecule has 0 saturated carbocycles. The number of hydrogen-bond donors (Lipinski definition) is 0. The van der Waals surface area contributed by atoms with Gasteiger partial charge < -0.3 is 9.26 Å². The minimum absolute atomic E-state index is 0.105. The van der Waals surface area contributed by atoms with E-state index in [1.807, 2.05) is 24.3 Å². The summed E-state index contributed by atoms with van der Waals surface area (Å²) in [7, 11) is 1.67. The van der Waals surface area contributed by atoms with E-state index in [-0.39, 0.29) is 5.41 Å². The van der Waals surface area contributed by atoms with Crippen LogP contribution >= 0.6 is 11.8 Å². The van der Waals surface area contributed by atoms with Crippen LogP contribution in [0.2, 0.25) is 0 Å². The highest BCUT2D eigenvalue weighted by molar-refractivity contribution is 7.98. The first-order chi connectivity index (χ1) is 8.99. The normalized spacial score (nSPS) is 11.6. The van der Waals surface area contributed by atoms with Gasteiger partial charge in [0.25, 0.3) is 0 Å². The molecule has 0 atom stereocenters. The quantitative estimate of drug-likeness (QED) is 0.799. The molecule has 0 fully saturated rings. The Kier molecular flexibility index (Phi) is 4.14. The SMILES string of the molecule is COc1cccc(SCc2noc(C(C)(C)C)n2)c1. The molecule has 0 aliphatic rings. The standard InChI is InChI=1S/C14H18N2O2S/c1-14(2,3)13-15-12(16-18-13)9-19-11-7-5-6-10(8-11)17-4/h5-8H,9H2,1-4H3. The lowest BCUT2D eigenvalue weighted by molar-refractivity contribution is 0.319. The highest BCUT2D eigenvalue weighted by atomic mass is 32.2.